The first kappa shape index (κ1) is 15.8. The Hall–Kier alpha value is -3.10. The SMILES string of the molecule is N#Cc1cncc(-c2ccccc2N)c1Nc1ccc(F)c(Cl)c1. The van der Waals surface area contributed by atoms with Gasteiger partial charge in [-0.05, 0) is 24.3 Å². The van der Waals surface area contributed by atoms with Crippen LogP contribution >= 0.6 is 11.6 Å². The summed E-state index contributed by atoms with van der Waals surface area (Å²) < 4.78 is 13.3. The predicted molar refractivity (Wildman–Crippen MR) is 93.5 cm³/mol. The highest BCUT2D eigenvalue weighted by molar-refractivity contribution is 6.31. The Balaban J connectivity index is 2.14. The molecule has 0 bridgehead atoms. The number of nitrogens with two attached hydrogens (primary N) is 1. The number of nitrogen functional groups attached to an aromatic ring is 1. The largest absolute Gasteiger partial charge is 0.398 e. The minimum absolute atomic E-state index is 0.00617. The minimum Gasteiger partial charge on any atom is -0.398 e. The molecule has 1 aromatic heterocycles. The summed E-state index contributed by atoms with van der Waals surface area (Å²) in [7, 11) is 0. The van der Waals surface area contributed by atoms with Gasteiger partial charge in [0.1, 0.15) is 11.9 Å². The van der Waals surface area contributed by atoms with Crippen molar-refractivity contribution in [2.75, 3.05) is 11.1 Å². The molecule has 0 radical (unpaired) electrons. The number of anilines is 3. The van der Waals surface area contributed by atoms with Crippen molar-refractivity contribution in [2.24, 2.45) is 0 Å². The van der Waals surface area contributed by atoms with Crippen molar-refractivity contribution in [3.8, 4) is 17.2 Å². The van der Waals surface area contributed by atoms with Crippen LogP contribution in [0, 0.1) is 17.1 Å². The van der Waals surface area contributed by atoms with E-state index in [0.717, 1.165) is 5.56 Å². The van der Waals surface area contributed by atoms with Crippen LogP contribution in [0.25, 0.3) is 11.1 Å². The molecule has 0 amide bonds. The number of nitriles is 1. The molecule has 6 heteroatoms. The summed E-state index contributed by atoms with van der Waals surface area (Å²) in [5, 5.41) is 12.5. The molecule has 0 aliphatic carbocycles. The number of benzene rings is 2. The van der Waals surface area contributed by atoms with Crippen molar-refractivity contribution in [1.82, 2.24) is 4.98 Å². The zero-order chi connectivity index (χ0) is 17.1. The first-order chi connectivity index (χ1) is 11.6. The van der Waals surface area contributed by atoms with Gasteiger partial charge in [0, 0.05) is 34.9 Å². The molecule has 24 heavy (non-hydrogen) atoms. The van der Waals surface area contributed by atoms with E-state index in [1.165, 1.54) is 18.3 Å². The second-order valence-corrected chi connectivity index (χ2v) is 5.47. The Morgan fingerprint density at radius 1 is 1.12 bits per heavy atom. The molecule has 1 heterocycles. The standard InChI is InChI=1S/C18H12ClFN4/c19-15-7-12(5-6-16(15)20)24-18-11(8-21)9-23-10-14(18)13-3-1-2-4-17(13)22/h1-7,9-10H,22H2,(H,23,24). The Bertz CT molecular complexity index is 950. The van der Waals surface area contributed by atoms with Gasteiger partial charge in [0.25, 0.3) is 0 Å². The van der Waals surface area contributed by atoms with E-state index in [1.807, 2.05) is 18.2 Å². The topological polar surface area (TPSA) is 74.7 Å². The Morgan fingerprint density at radius 2 is 1.92 bits per heavy atom. The molecule has 118 valence electrons. The van der Waals surface area contributed by atoms with Gasteiger partial charge < -0.3 is 11.1 Å². The molecule has 4 nitrogen and oxygen atoms in total. The Morgan fingerprint density at radius 3 is 2.62 bits per heavy atom. The normalized spacial score (nSPS) is 10.2. The van der Waals surface area contributed by atoms with E-state index in [9.17, 15) is 9.65 Å². The van der Waals surface area contributed by atoms with Gasteiger partial charge in [0.2, 0.25) is 0 Å². The van der Waals surface area contributed by atoms with Gasteiger partial charge in [-0.15, -0.1) is 0 Å². The highest BCUT2D eigenvalue weighted by atomic mass is 35.5. The number of hydrogen-bond donors (Lipinski definition) is 2. The van der Waals surface area contributed by atoms with Crippen LogP contribution in [0.5, 0.6) is 0 Å². The van der Waals surface area contributed by atoms with E-state index in [1.54, 1.807) is 18.3 Å². The number of aromatic nitrogens is 1. The zero-order valence-electron chi connectivity index (χ0n) is 12.4. The van der Waals surface area contributed by atoms with Crippen molar-refractivity contribution in [3.05, 3.63) is 71.3 Å². The number of nitrogens with zero attached hydrogens (tertiary/aromatic N) is 2. The van der Waals surface area contributed by atoms with Crippen LogP contribution in [0.1, 0.15) is 5.56 Å². The van der Waals surface area contributed by atoms with Crippen molar-refractivity contribution < 1.29 is 4.39 Å². The number of hydrogen-bond acceptors (Lipinski definition) is 4. The molecule has 2 aromatic carbocycles. The van der Waals surface area contributed by atoms with Crippen LogP contribution in [0.4, 0.5) is 21.5 Å². The van der Waals surface area contributed by atoms with Crippen molar-refractivity contribution in [3.63, 3.8) is 0 Å². The van der Waals surface area contributed by atoms with Crippen molar-refractivity contribution in [2.45, 2.75) is 0 Å². The van der Waals surface area contributed by atoms with Gasteiger partial charge in [-0.25, -0.2) is 4.39 Å². The molecule has 3 aromatic rings. The van der Waals surface area contributed by atoms with Crippen molar-refractivity contribution >= 4 is 28.7 Å². The lowest BCUT2D eigenvalue weighted by Crippen LogP contribution is -2.00. The lowest BCUT2D eigenvalue weighted by Gasteiger charge is -2.15. The van der Waals surface area contributed by atoms with Gasteiger partial charge >= 0.3 is 0 Å². The summed E-state index contributed by atoms with van der Waals surface area (Å²) in [6.07, 6.45) is 3.08. The van der Waals surface area contributed by atoms with Crippen LogP contribution in [0.2, 0.25) is 5.02 Å². The first-order valence-corrected chi connectivity index (χ1v) is 7.43. The maximum Gasteiger partial charge on any atom is 0.141 e. The van der Waals surface area contributed by atoms with Crippen molar-refractivity contribution in [1.29, 1.82) is 5.26 Å². The van der Waals surface area contributed by atoms with E-state index in [4.69, 9.17) is 17.3 Å². The average Bonchev–Trinajstić information content (AvgIpc) is 2.59. The van der Waals surface area contributed by atoms with E-state index < -0.39 is 5.82 Å². The highest BCUT2D eigenvalue weighted by Crippen LogP contribution is 2.35. The number of nitrogens with one attached hydrogen (secondary N) is 1. The molecule has 3 N–H and O–H groups in total. The third-order valence-corrected chi connectivity index (χ3v) is 3.80. The van der Waals surface area contributed by atoms with Gasteiger partial charge in [0.15, 0.2) is 0 Å². The second-order valence-electron chi connectivity index (χ2n) is 5.06. The van der Waals surface area contributed by atoms with E-state index in [0.29, 0.717) is 28.2 Å². The maximum atomic E-state index is 13.3. The van der Waals surface area contributed by atoms with E-state index in [2.05, 4.69) is 16.4 Å². The molecule has 0 fully saturated rings. The molecular weight excluding hydrogens is 327 g/mol. The number of rotatable bonds is 3. The lowest BCUT2D eigenvalue weighted by molar-refractivity contribution is 0.628. The van der Waals surface area contributed by atoms with Gasteiger partial charge in [-0.3, -0.25) is 4.98 Å². The molecule has 0 aliphatic rings. The summed E-state index contributed by atoms with van der Waals surface area (Å²) in [5.74, 6) is -0.509. The smallest absolute Gasteiger partial charge is 0.141 e. The Labute approximate surface area is 143 Å². The summed E-state index contributed by atoms with van der Waals surface area (Å²) >= 11 is 5.82. The number of pyridine rings is 1. The summed E-state index contributed by atoms with van der Waals surface area (Å²) in [5.41, 5.74) is 9.46. The first-order valence-electron chi connectivity index (χ1n) is 7.05. The second kappa shape index (κ2) is 6.57. The minimum atomic E-state index is -0.509. The molecule has 0 aliphatic heterocycles. The average molecular weight is 339 g/mol. The molecular formula is C18H12ClFN4. The summed E-state index contributed by atoms with van der Waals surface area (Å²) in [6.45, 7) is 0. The third-order valence-electron chi connectivity index (χ3n) is 3.51. The van der Waals surface area contributed by atoms with Crippen LogP contribution in [0.15, 0.2) is 54.9 Å². The van der Waals surface area contributed by atoms with Crippen LogP contribution in [-0.4, -0.2) is 4.98 Å². The van der Waals surface area contributed by atoms with Crippen LogP contribution < -0.4 is 11.1 Å². The predicted octanol–water partition coefficient (Wildman–Crippen LogP) is 4.74. The molecule has 0 spiro atoms. The third kappa shape index (κ3) is 3.00. The highest BCUT2D eigenvalue weighted by Gasteiger charge is 2.14. The van der Waals surface area contributed by atoms with Gasteiger partial charge in [-0.2, -0.15) is 5.26 Å². The van der Waals surface area contributed by atoms with E-state index in [-0.39, 0.29) is 5.02 Å². The van der Waals surface area contributed by atoms with Crippen LogP contribution in [0.3, 0.4) is 0 Å². The number of para-hydroxylation sites is 1. The molecule has 0 saturated heterocycles. The maximum absolute atomic E-state index is 13.3. The zero-order valence-corrected chi connectivity index (χ0v) is 13.2. The summed E-state index contributed by atoms with van der Waals surface area (Å²) in [6, 6.07) is 13.6. The van der Waals surface area contributed by atoms with Crippen LogP contribution in [-0.2, 0) is 0 Å². The monoisotopic (exact) mass is 338 g/mol. The molecule has 0 atom stereocenters. The molecule has 0 unspecified atom stereocenters. The quantitative estimate of drug-likeness (QED) is 0.676. The lowest BCUT2D eigenvalue weighted by atomic mass is 10.0. The fourth-order valence-electron chi connectivity index (χ4n) is 2.34. The number of halogens is 2. The molecule has 0 saturated carbocycles. The summed E-state index contributed by atoms with van der Waals surface area (Å²) in [4.78, 5) is 4.10. The van der Waals surface area contributed by atoms with Gasteiger partial charge in [-0.1, -0.05) is 29.8 Å². The fraction of sp³-hybridized carbons (Fsp3) is 0. The Kier molecular flexibility index (Phi) is 4.32. The van der Waals surface area contributed by atoms with E-state index >= 15 is 0 Å². The van der Waals surface area contributed by atoms with Gasteiger partial charge in [0.05, 0.1) is 16.3 Å². The molecule has 3 rings (SSSR count). The fourth-order valence-corrected chi connectivity index (χ4v) is 2.53.